The molecule has 1 spiro atoms. The molecule has 0 unspecified atom stereocenters. The minimum Gasteiger partial charge on any atom is -0.507 e. The Hall–Kier alpha value is -2.57. The maximum Gasteiger partial charge on any atom is 0.162 e. The Morgan fingerprint density at radius 2 is 1.90 bits per heavy atom. The predicted molar refractivity (Wildman–Crippen MR) is 114 cm³/mol. The number of piperidine rings is 1. The lowest BCUT2D eigenvalue weighted by atomic mass is 9.87. The van der Waals surface area contributed by atoms with Crippen LogP contribution >= 0.6 is 0 Å². The first-order valence-corrected chi connectivity index (χ1v) is 10.3. The van der Waals surface area contributed by atoms with Crippen LogP contribution in [0.1, 0.15) is 43.4 Å². The van der Waals surface area contributed by atoms with Crippen LogP contribution in [0.3, 0.4) is 0 Å². The molecule has 0 radical (unpaired) electrons. The zero-order valence-electron chi connectivity index (χ0n) is 17.1. The van der Waals surface area contributed by atoms with Crippen LogP contribution in [0.25, 0.3) is 0 Å². The topological polar surface area (TPSA) is 77.3 Å². The first kappa shape index (κ1) is 19.7. The molecule has 29 heavy (non-hydrogen) atoms. The second-order valence-corrected chi connectivity index (χ2v) is 7.84. The van der Waals surface area contributed by atoms with Gasteiger partial charge in [0.05, 0.1) is 7.11 Å². The summed E-state index contributed by atoms with van der Waals surface area (Å²) in [5.74, 6) is 0.862. The van der Waals surface area contributed by atoms with E-state index in [2.05, 4.69) is 17.1 Å². The Labute approximate surface area is 171 Å². The lowest BCUT2D eigenvalue weighted by Crippen LogP contribution is -2.56. The maximum atomic E-state index is 10.8. The first-order valence-electron chi connectivity index (χ1n) is 10.3. The number of phenols is 2. The molecule has 1 fully saturated rings. The van der Waals surface area contributed by atoms with Gasteiger partial charge in [-0.15, -0.1) is 0 Å². The number of methoxy groups -OCH3 is 1. The number of hydrogen-bond donors (Lipinski definition) is 3. The molecule has 0 bridgehead atoms. The highest BCUT2D eigenvalue weighted by molar-refractivity contribution is 6.03. The quantitative estimate of drug-likeness (QED) is 0.739. The summed E-state index contributed by atoms with van der Waals surface area (Å²) in [5.41, 5.74) is 2.03. The molecule has 0 aromatic heterocycles. The van der Waals surface area contributed by atoms with Crippen LogP contribution in [0, 0.1) is 0 Å². The van der Waals surface area contributed by atoms with Crippen LogP contribution in [-0.2, 0) is 0 Å². The molecule has 0 saturated carbocycles. The van der Waals surface area contributed by atoms with Crippen LogP contribution < -0.4 is 10.1 Å². The minimum atomic E-state index is -0.401. The summed E-state index contributed by atoms with van der Waals surface area (Å²) in [5, 5.41) is 24.9. The second kappa shape index (κ2) is 8.05. The van der Waals surface area contributed by atoms with Crippen molar-refractivity contribution in [1.29, 1.82) is 0 Å². The van der Waals surface area contributed by atoms with Crippen molar-refractivity contribution in [2.75, 3.05) is 26.7 Å². The molecular formula is C23H29N3O3. The van der Waals surface area contributed by atoms with Crippen molar-refractivity contribution in [3.8, 4) is 17.2 Å². The van der Waals surface area contributed by atoms with Crippen LogP contribution in [0.15, 0.2) is 47.5 Å². The van der Waals surface area contributed by atoms with E-state index in [4.69, 9.17) is 9.73 Å². The molecule has 0 aliphatic carbocycles. The van der Waals surface area contributed by atoms with E-state index in [0.29, 0.717) is 12.2 Å². The zero-order chi connectivity index (χ0) is 20.4. The van der Waals surface area contributed by atoms with E-state index in [1.807, 2.05) is 30.3 Å². The van der Waals surface area contributed by atoms with Gasteiger partial charge in [-0.3, -0.25) is 10.3 Å². The van der Waals surface area contributed by atoms with Gasteiger partial charge in [-0.1, -0.05) is 31.2 Å². The van der Waals surface area contributed by atoms with E-state index in [1.54, 1.807) is 19.2 Å². The van der Waals surface area contributed by atoms with Crippen molar-refractivity contribution in [2.45, 2.75) is 37.9 Å². The van der Waals surface area contributed by atoms with Gasteiger partial charge in [-0.2, -0.15) is 0 Å². The minimum absolute atomic E-state index is 0.120. The number of nitrogens with zero attached hydrogens (tertiary/aromatic N) is 2. The molecule has 2 aliphatic rings. The molecule has 154 valence electrons. The number of likely N-dealkylation sites (tertiary alicyclic amines) is 1. The molecule has 3 N–H and O–H groups in total. The van der Waals surface area contributed by atoms with Gasteiger partial charge < -0.3 is 19.8 Å². The standard InChI is InChI=1S/C23H29N3O3/c1-3-26-13-11-23(12-14-26)24-18(16-7-4-5-9-20(16)27)15-19(25-23)17-8-6-10-21(29-2)22(17)28/h4-10,19,25,27-28H,3,11-15H2,1-2H3/t19-/m0/s1. The van der Waals surface area contributed by atoms with Crippen molar-refractivity contribution in [1.82, 2.24) is 10.2 Å². The first-order chi connectivity index (χ1) is 14.0. The van der Waals surface area contributed by atoms with Gasteiger partial charge in [0.25, 0.3) is 0 Å². The number of aromatic hydroxyl groups is 2. The fourth-order valence-corrected chi connectivity index (χ4v) is 4.46. The molecule has 4 rings (SSSR count). The molecule has 2 aromatic rings. The largest absolute Gasteiger partial charge is 0.507 e. The predicted octanol–water partition coefficient (Wildman–Crippen LogP) is 3.44. The average Bonchev–Trinajstić information content (AvgIpc) is 2.74. The van der Waals surface area contributed by atoms with Gasteiger partial charge in [0, 0.05) is 42.4 Å². The Balaban J connectivity index is 1.75. The number of rotatable bonds is 4. The van der Waals surface area contributed by atoms with Crippen molar-refractivity contribution in [3.05, 3.63) is 53.6 Å². The van der Waals surface area contributed by atoms with E-state index in [-0.39, 0.29) is 17.5 Å². The van der Waals surface area contributed by atoms with E-state index in [0.717, 1.165) is 49.3 Å². The number of ether oxygens (including phenoxy) is 1. The van der Waals surface area contributed by atoms with Crippen molar-refractivity contribution in [3.63, 3.8) is 0 Å². The molecule has 6 heteroatoms. The van der Waals surface area contributed by atoms with E-state index in [1.165, 1.54) is 0 Å². The van der Waals surface area contributed by atoms with E-state index in [9.17, 15) is 10.2 Å². The number of hydrogen-bond acceptors (Lipinski definition) is 6. The third-order valence-electron chi connectivity index (χ3n) is 6.16. The van der Waals surface area contributed by atoms with Crippen LogP contribution in [0.2, 0.25) is 0 Å². The number of aliphatic imine (C=N–C) groups is 1. The highest BCUT2D eigenvalue weighted by Crippen LogP contribution is 2.41. The molecule has 2 aliphatic heterocycles. The third kappa shape index (κ3) is 3.82. The average molecular weight is 396 g/mol. The number of phenolic OH excluding ortho intramolecular Hbond substituents is 2. The third-order valence-corrected chi connectivity index (χ3v) is 6.16. The summed E-state index contributed by atoms with van der Waals surface area (Å²) in [6.07, 6.45) is 2.36. The van der Waals surface area contributed by atoms with Gasteiger partial charge in [-0.05, 0) is 37.6 Å². The molecule has 2 heterocycles. The van der Waals surface area contributed by atoms with Gasteiger partial charge in [0.1, 0.15) is 11.4 Å². The molecule has 1 atom stereocenters. The van der Waals surface area contributed by atoms with Crippen LogP contribution in [0.4, 0.5) is 0 Å². The lowest BCUT2D eigenvalue weighted by Gasteiger charge is -2.45. The maximum absolute atomic E-state index is 10.8. The van der Waals surface area contributed by atoms with E-state index >= 15 is 0 Å². The Morgan fingerprint density at radius 3 is 2.59 bits per heavy atom. The smallest absolute Gasteiger partial charge is 0.162 e. The van der Waals surface area contributed by atoms with Gasteiger partial charge in [-0.25, -0.2) is 0 Å². The zero-order valence-corrected chi connectivity index (χ0v) is 17.1. The number of nitrogens with one attached hydrogen (secondary N) is 1. The molecule has 1 saturated heterocycles. The second-order valence-electron chi connectivity index (χ2n) is 7.84. The van der Waals surface area contributed by atoms with Crippen molar-refractivity contribution >= 4 is 5.71 Å². The monoisotopic (exact) mass is 395 g/mol. The summed E-state index contributed by atoms with van der Waals surface area (Å²) in [4.78, 5) is 7.55. The summed E-state index contributed by atoms with van der Waals surface area (Å²) < 4.78 is 5.32. The van der Waals surface area contributed by atoms with Gasteiger partial charge >= 0.3 is 0 Å². The highest BCUT2D eigenvalue weighted by Gasteiger charge is 2.40. The number of benzene rings is 2. The normalized spacial score (nSPS) is 21.7. The SMILES string of the molecule is CCN1CCC2(CC1)N=C(c1ccccc1O)C[C@@H](c1cccc(OC)c1O)N2. The molecular weight excluding hydrogens is 366 g/mol. The van der Waals surface area contributed by atoms with Crippen LogP contribution in [-0.4, -0.2) is 53.2 Å². The highest BCUT2D eigenvalue weighted by atomic mass is 16.5. The van der Waals surface area contributed by atoms with E-state index < -0.39 is 5.66 Å². The van der Waals surface area contributed by atoms with Crippen molar-refractivity contribution in [2.24, 2.45) is 4.99 Å². The summed E-state index contributed by atoms with van der Waals surface area (Å²) >= 11 is 0. The Morgan fingerprint density at radius 1 is 1.14 bits per heavy atom. The van der Waals surface area contributed by atoms with Crippen molar-refractivity contribution < 1.29 is 14.9 Å². The summed E-state index contributed by atoms with van der Waals surface area (Å²) in [6.45, 7) is 5.15. The summed E-state index contributed by atoms with van der Waals surface area (Å²) in [7, 11) is 1.56. The molecule has 0 amide bonds. The fourth-order valence-electron chi connectivity index (χ4n) is 4.46. The van der Waals surface area contributed by atoms with Gasteiger partial charge in [0.15, 0.2) is 11.5 Å². The Kier molecular flexibility index (Phi) is 5.48. The van der Waals surface area contributed by atoms with Crippen LogP contribution in [0.5, 0.6) is 17.2 Å². The number of para-hydroxylation sites is 2. The molecule has 6 nitrogen and oxygen atoms in total. The van der Waals surface area contributed by atoms with Gasteiger partial charge in [0.2, 0.25) is 0 Å². The Bertz CT molecular complexity index is 904. The lowest BCUT2D eigenvalue weighted by molar-refractivity contribution is 0.129. The summed E-state index contributed by atoms with van der Waals surface area (Å²) in [6, 6.07) is 12.8. The fraction of sp³-hybridized carbons (Fsp3) is 0.435. The molecule has 2 aromatic carbocycles.